The maximum Gasteiger partial charge on any atom is 0.245 e. The Kier molecular flexibility index (Phi) is 3.72. The van der Waals surface area contributed by atoms with Crippen LogP contribution in [0.15, 0.2) is 33.8 Å². The largest absolute Gasteiger partial charge is 0.361 e. The highest BCUT2D eigenvalue weighted by Crippen LogP contribution is 2.50. The van der Waals surface area contributed by atoms with Crippen molar-refractivity contribution in [1.82, 2.24) is 14.9 Å². The number of H-pyrrole nitrogens is 1. The molecule has 1 saturated carbocycles. The van der Waals surface area contributed by atoms with Gasteiger partial charge in [-0.2, -0.15) is 0 Å². The van der Waals surface area contributed by atoms with Crippen LogP contribution >= 0.6 is 11.6 Å². The normalized spacial score (nSPS) is 16.4. The number of aryl methyl sites for hydroxylation is 2. The molecule has 0 unspecified atom stereocenters. The summed E-state index contributed by atoms with van der Waals surface area (Å²) in [7, 11) is -3.66. The first-order valence-corrected chi connectivity index (χ1v) is 9.88. The number of nitrogens with one attached hydrogen (secondary N) is 2. The number of sulfonamides is 1. The van der Waals surface area contributed by atoms with Crippen molar-refractivity contribution < 1.29 is 12.9 Å². The second-order valence-corrected chi connectivity index (χ2v) is 8.79. The molecule has 132 valence electrons. The van der Waals surface area contributed by atoms with E-state index in [1.165, 1.54) is 0 Å². The Bertz CT molecular complexity index is 1040. The van der Waals surface area contributed by atoms with Crippen LogP contribution in [0.5, 0.6) is 0 Å². The van der Waals surface area contributed by atoms with E-state index in [1.807, 2.05) is 24.4 Å². The van der Waals surface area contributed by atoms with Gasteiger partial charge in [-0.25, -0.2) is 13.1 Å². The predicted molar refractivity (Wildman–Crippen MR) is 95.4 cm³/mol. The lowest BCUT2D eigenvalue weighted by atomic mass is 9.96. The quantitative estimate of drug-likeness (QED) is 0.710. The van der Waals surface area contributed by atoms with Crippen molar-refractivity contribution in [3.63, 3.8) is 0 Å². The first kappa shape index (κ1) is 16.6. The number of halogens is 1. The fraction of sp³-hybridized carbons (Fsp3) is 0.353. The third-order valence-electron chi connectivity index (χ3n) is 4.91. The van der Waals surface area contributed by atoms with Gasteiger partial charge >= 0.3 is 0 Å². The van der Waals surface area contributed by atoms with E-state index in [-0.39, 0.29) is 10.3 Å². The summed E-state index contributed by atoms with van der Waals surface area (Å²) in [6.07, 6.45) is 3.83. The van der Waals surface area contributed by atoms with E-state index in [1.54, 1.807) is 13.8 Å². The van der Waals surface area contributed by atoms with Gasteiger partial charge in [0, 0.05) is 34.1 Å². The minimum absolute atomic E-state index is 0.133. The molecule has 25 heavy (non-hydrogen) atoms. The molecule has 1 aliphatic rings. The minimum atomic E-state index is -3.66. The van der Waals surface area contributed by atoms with E-state index < -0.39 is 10.0 Å². The highest BCUT2D eigenvalue weighted by molar-refractivity contribution is 7.89. The summed E-state index contributed by atoms with van der Waals surface area (Å²) in [5.41, 5.74) is 2.28. The van der Waals surface area contributed by atoms with Gasteiger partial charge in [-0.15, -0.1) is 0 Å². The number of hydrogen-bond donors (Lipinski definition) is 2. The van der Waals surface area contributed by atoms with Crippen molar-refractivity contribution in [2.75, 3.05) is 6.54 Å². The molecule has 8 heteroatoms. The molecule has 3 aromatic rings. The Morgan fingerprint density at radius 2 is 2.12 bits per heavy atom. The summed E-state index contributed by atoms with van der Waals surface area (Å²) in [5.74, 6) is 0.302. The lowest BCUT2D eigenvalue weighted by Crippen LogP contribution is -2.32. The summed E-state index contributed by atoms with van der Waals surface area (Å²) in [5, 5.41) is 5.48. The van der Waals surface area contributed by atoms with Gasteiger partial charge in [-0.1, -0.05) is 22.8 Å². The van der Waals surface area contributed by atoms with Gasteiger partial charge in [0.05, 0.1) is 0 Å². The SMILES string of the molecule is Cc1noc(C)c1S(=O)(=O)NCC1(c2c[nH]c3cc(Cl)ccc23)CC1. The maximum atomic E-state index is 12.7. The molecule has 2 heterocycles. The van der Waals surface area contributed by atoms with E-state index in [0.29, 0.717) is 23.0 Å². The second-order valence-electron chi connectivity index (χ2n) is 6.65. The van der Waals surface area contributed by atoms with Gasteiger partial charge in [-0.3, -0.25) is 0 Å². The fourth-order valence-corrected chi connectivity index (χ4v) is 5.02. The van der Waals surface area contributed by atoms with Gasteiger partial charge in [0.2, 0.25) is 10.0 Å². The Balaban J connectivity index is 1.62. The molecule has 6 nitrogen and oxygen atoms in total. The molecule has 0 aliphatic heterocycles. The maximum absolute atomic E-state index is 12.7. The van der Waals surface area contributed by atoms with E-state index in [0.717, 1.165) is 29.3 Å². The molecule has 0 spiro atoms. The van der Waals surface area contributed by atoms with Gasteiger partial charge in [0.15, 0.2) is 5.76 Å². The van der Waals surface area contributed by atoms with Crippen LogP contribution < -0.4 is 4.72 Å². The summed E-state index contributed by atoms with van der Waals surface area (Å²) in [6, 6.07) is 5.71. The monoisotopic (exact) mass is 379 g/mol. The molecule has 1 aliphatic carbocycles. The van der Waals surface area contributed by atoms with Crippen LogP contribution in [-0.4, -0.2) is 25.1 Å². The van der Waals surface area contributed by atoms with Crippen LogP contribution in [-0.2, 0) is 15.4 Å². The molecule has 1 aromatic carbocycles. The van der Waals surface area contributed by atoms with Crippen molar-refractivity contribution in [2.45, 2.75) is 37.0 Å². The Hall–Kier alpha value is -1.83. The molecule has 0 radical (unpaired) electrons. The molecule has 2 N–H and O–H groups in total. The first-order valence-electron chi connectivity index (χ1n) is 8.02. The predicted octanol–water partition coefficient (Wildman–Crippen LogP) is 3.44. The smallest absolute Gasteiger partial charge is 0.245 e. The van der Waals surface area contributed by atoms with Gasteiger partial charge in [0.1, 0.15) is 10.6 Å². The van der Waals surface area contributed by atoms with Crippen LogP contribution in [0.3, 0.4) is 0 Å². The van der Waals surface area contributed by atoms with Crippen molar-refractivity contribution in [3.8, 4) is 0 Å². The molecule has 0 saturated heterocycles. The third kappa shape index (κ3) is 2.76. The molecular formula is C17H18ClN3O3S. The number of nitrogens with zero attached hydrogens (tertiary/aromatic N) is 1. The molecule has 0 bridgehead atoms. The van der Waals surface area contributed by atoms with E-state index in [9.17, 15) is 8.42 Å². The van der Waals surface area contributed by atoms with Crippen LogP contribution in [0.4, 0.5) is 0 Å². The van der Waals surface area contributed by atoms with Crippen LogP contribution in [0.2, 0.25) is 5.02 Å². The summed E-state index contributed by atoms with van der Waals surface area (Å²) < 4.78 is 33.0. The molecule has 0 amide bonds. The van der Waals surface area contributed by atoms with Crippen molar-refractivity contribution >= 4 is 32.5 Å². The number of benzene rings is 1. The topological polar surface area (TPSA) is 88.0 Å². The average Bonchev–Trinajstić information content (AvgIpc) is 3.10. The van der Waals surface area contributed by atoms with E-state index in [4.69, 9.17) is 16.1 Å². The summed E-state index contributed by atoms with van der Waals surface area (Å²) >= 11 is 6.04. The van der Waals surface area contributed by atoms with Gasteiger partial charge in [-0.05, 0) is 44.4 Å². The number of aromatic amines is 1. The van der Waals surface area contributed by atoms with Crippen LogP contribution in [0.25, 0.3) is 10.9 Å². The molecule has 4 rings (SSSR count). The number of hydrogen-bond acceptors (Lipinski definition) is 4. The number of fused-ring (bicyclic) bond motifs is 1. The van der Waals surface area contributed by atoms with Gasteiger partial charge in [0.25, 0.3) is 0 Å². The Morgan fingerprint density at radius 3 is 2.76 bits per heavy atom. The Labute approximate surface area is 150 Å². The third-order valence-corrected chi connectivity index (χ3v) is 6.79. The highest BCUT2D eigenvalue weighted by atomic mass is 35.5. The number of aromatic nitrogens is 2. The number of rotatable bonds is 5. The zero-order valence-electron chi connectivity index (χ0n) is 13.9. The molecule has 2 aromatic heterocycles. The van der Waals surface area contributed by atoms with Crippen molar-refractivity contribution in [2.24, 2.45) is 0 Å². The molecular weight excluding hydrogens is 362 g/mol. The zero-order valence-corrected chi connectivity index (χ0v) is 15.5. The van der Waals surface area contributed by atoms with E-state index in [2.05, 4.69) is 14.9 Å². The zero-order chi connectivity index (χ0) is 17.8. The van der Waals surface area contributed by atoms with Crippen molar-refractivity contribution in [1.29, 1.82) is 0 Å². The standard InChI is InChI=1S/C17H18ClN3O3S/c1-10-16(11(2)24-21-10)25(22,23)20-9-17(5-6-17)14-8-19-15-7-12(18)3-4-13(14)15/h3-4,7-8,19-20H,5-6,9H2,1-2H3. The fourth-order valence-electron chi connectivity index (χ4n) is 3.39. The average molecular weight is 380 g/mol. The summed E-state index contributed by atoms with van der Waals surface area (Å²) in [4.78, 5) is 3.36. The van der Waals surface area contributed by atoms with Crippen LogP contribution in [0.1, 0.15) is 29.9 Å². The second kappa shape index (κ2) is 5.59. The lowest BCUT2D eigenvalue weighted by molar-refractivity contribution is 0.390. The van der Waals surface area contributed by atoms with Crippen molar-refractivity contribution in [3.05, 3.63) is 46.4 Å². The van der Waals surface area contributed by atoms with Gasteiger partial charge < -0.3 is 9.51 Å². The van der Waals surface area contributed by atoms with E-state index >= 15 is 0 Å². The molecule has 0 atom stereocenters. The summed E-state index contributed by atoms with van der Waals surface area (Å²) in [6.45, 7) is 3.57. The molecule has 1 fully saturated rings. The first-order chi connectivity index (χ1) is 11.8. The minimum Gasteiger partial charge on any atom is -0.361 e. The Morgan fingerprint density at radius 1 is 1.36 bits per heavy atom. The lowest BCUT2D eigenvalue weighted by Gasteiger charge is -2.16. The van der Waals surface area contributed by atoms with Crippen LogP contribution in [0, 0.1) is 13.8 Å². The highest BCUT2D eigenvalue weighted by Gasteiger charge is 2.46.